The van der Waals surface area contributed by atoms with E-state index in [1.54, 1.807) is 0 Å². The summed E-state index contributed by atoms with van der Waals surface area (Å²) in [6, 6.07) is 3.81. The molecule has 1 heterocycles. The molecule has 0 aromatic heterocycles. The van der Waals surface area contributed by atoms with Crippen molar-refractivity contribution in [3.63, 3.8) is 0 Å². The van der Waals surface area contributed by atoms with E-state index in [-0.39, 0.29) is 5.54 Å². The van der Waals surface area contributed by atoms with Gasteiger partial charge in [0.2, 0.25) is 0 Å². The highest BCUT2D eigenvalue weighted by atomic mass is 15.2. The number of likely N-dealkylation sites (tertiary alicyclic amines) is 1. The third-order valence-corrected chi connectivity index (χ3v) is 4.90. The number of nitrogens with zero attached hydrogens (tertiary/aromatic N) is 2. The molecule has 3 nitrogen and oxygen atoms in total. The summed E-state index contributed by atoms with van der Waals surface area (Å²) in [5, 5.41) is 13.4. The molecule has 1 aliphatic heterocycles. The molecule has 0 spiro atoms. The molecule has 108 valence electrons. The monoisotopic (exact) mass is 263 g/mol. The lowest BCUT2D eigenvalue weighted by molar-refractivity contribution is 0.219. The van der Waals surface area contributed by atoms with Crippen molar-refractivity contribution in [2.75, 3.05) is 13.1 Å². The van der Waals surface area contributed by atoms with Gasteiger partial charge in [-0.25, -0.2) is 0 Å². The van der Waals surface area contributed by atoms with Crippen LogP contribution in [-0.4, -0.2) is 35.6 Å². The summed E-state index contributed by atoms with van der Waals surface area (Å²) < 4.78 is 0. The molecule has 1 N–H and O–H groups in total. The Balaban J connectivity index is 1.95. The highest BCUT2D eigenvalue weighted by Crippen LogP contribution is 2.27. The van der Waals surface area contributed by atoms with Crippen molar-refractivity contribution in [3.05, 3.63) is 0 Å². The molecule has 1 saturated carbocycles. The lowest BCUT2D eigenvalue weighted by atomic mass is 9.87. The van der Waals surface area contributed by atoms with Crippen molar-refractivity contribution >= 4 is 0 Å². The fourth-order valence-electron chi connectivity index (χ4n) is 3.60. The van der Waals surface area contributed by atoms with Gasteiger partial charge >= 0.3 is 0 Å². The van der Waals surface area contributed by atoms with E-state index < -0.39 is 0 Å². The highest BCUT2D eigenvalue weighted by molar-refractivity contribution is 5.09. The second-order valence-electron chi connectivity index (χ2n) is 6.66. The second kappa shape index (κ2) is 6.72. The Hall–Kier alpha value is -0.590. The van der Waals surface area contributed by atoms with Gasteiger partial charge in [-0.05, 0) is 52.5 Å². The summed E-state index contributed by atoms with van der Waals surface area (Å²) in [4.78, 5) is 2.52. The van der Waals surface area contributed by atoms with Crippen LogP contribution in [0.15, 0.2) is 0 Å². The Labute approximate surface area is 118 Å². The van der Waals surface area contributed by atoms with Crippen molar-refractivity contribution in [1.82, 2.24) is 10.2 Å². The predicted molar refractivity (Wildman–Crippen MR) is 78.9 cm³/mol. The quantitative estimate of drug-likeness (QED) is 0.850. The summed E-state index contributed by atoms with van der Waals surface area (Å²) in [6.07, 6.45) is 9.70. The van der Waals surface area contributed by atoms with Crippen LogP contribution in [0.3, 0.4) is 0 Å². The molecule has 0 radical (unpaired) electrons. The zero-order chi connectivity index (χ0) is 13.7. The van der Waals surface area contributed by atoms with Crippen molar-refractivity contribution in [2.24, 2.45) is 0 Å². The Morgan fingerprint density at radius 3 is 2.47 bits per heavy atom. The lowest BCUT2D eigenvalue weighted by Gasteiger charge is -2.34. The van der Waals surface area contributed by atoms with Crippen LogP contribution in [0.5, 0.6) is 0 Å². The van der Waals surface area contributed by atoms with Crippen molar-refractivity contribution in [2.45, 2.75) is 82.8 Å². The minimum absolute atomic E-state index is 0.258. The first-order valence-corrected chi connectivity index (χ1v) is 8.08. The molecule has 1 saturated heterocycles. The van der Waals surface area contributed by atoms with Crippen LogP contribution in [0.1, 0.15) is 65.2 Å². The van der Waals surface area contributed by atoms with E-state index in [1.807, 2.05) is 0 Å². The third-order valence-electron chi connectivity index (χ3n) is 4.90. The molecule has 1 unspecified atom stereocenters. The van der Waals surface area contributed by atoms with Crippen LogP contribution < -0.4 is 5.32 Å². The van der Waals surface area contributed by atoms with Gasteiger partial charge in [0, 0.05) is 18.6 Å². The van der Waals surface area contributed by atoms with E-state index in [9.17, 15) is 5.26 Å². The van der Waals surface area contributed by atoms with Gasteiger partial charge < -0.3 is 4.90 Å². The molecule has 0 bridgehead atoms. The fraction of sp³-hybridized carbons (Fsp3) is 0.938. The van der Waals surface area contributed by atoms with Gasteiger partial charge in [-0.3, -0.25) is 5.32 Å². The van der Waals surface area contributed by atoms with E-state index in [1.165, 1.54) is 32.1 Å². The van der Waals surface area contributed by atoms with Gasteiger partial charge in [0.25, 0.3) is 0 Å². The maximum atomic E-state index is 9.69. The molecule has 19 heavy (non-hydrogen) atoms. The van der Waals surface area contributed by atoms with Crippen LogP contribution in [0.2, 0.25) is 0 Å². The lowest BCUT2D eigenvalue weighted by Crippen LogP contribution is -2.50. The minimum Gasteiger partial charge on any atom is -0.301 e. The zero-order valence-electron chi connectivity index (χ0n) is 12.6. The Morgan fingerprint density at radius 2 is 1.84 bits per heavy atom. The van der Waals surface area contributed by atoms with Gasteiger partial charge in [-0.15, -0.1) is 0 Å². The fourth-order valence-corrected chi connectivity index (χ4v) is 3.60. The normalized spacial score (nSPS) is 31.1. The Bertz CT molecular complexity index is 314. The van der Waals surface area contributed by atoms with Gasteiger partial charge in [-0.1, -0.05) is 19.3 Å². The molecule has 1 aliphatic carbocycles. The molecule has 2 aliphatic rings. The van der Waals surface area contributed by atoms with Gasteiger partial charge in [0.1, 0.15) is 5.54 Å². The molecule has 0 aromatic carbocycles. The van der Waals surface area contributed by atoms with E-state index in [0.29, 0.717) is 12.1 Å². The van der Waals surface area contributed by atoms with Crippen molar-refractivity contribution in [1.29, 1.82) is 5.26 Å². The zero-order valence-corrected chi connectivity index (χ0v) is 12.6. The van der Waals surface area contributed by atoms with Crippen molar-refractivity contribution in [3.8, 4) is 6.07 Å². The molecule has 0 aromatic rings. The minimum atomic E-state index is -0.258. The Kier molecular flexibility index (Phi) is 5.24. The van der Waals surface area contributed by atoms with Crippen LogP contribution in [0.4, 0.5) is 0 Å². The topological polar surface area (TPSA) is 39.1 Å². The molecule has 2 fully saturated rings. The van der Waals surface area contributed by atoms with E-state index >= 15 is 0 Å². The molecule has 1 atom stereocenters. The Morgan fingerprint density at radius 1 is 1.11 bits per heavy atom. The number of nitrogens with one attached hydrogen (secondary N) is 1. The average Bonchev–Trinajstić information content (AvgIpc) is 2.63. The number of hydrogen-bond donors (Lipinski definition) is 1. The van der Waals surface area contributed by atoms with Gasteiger partial charge in [0.05, 0.1) is 6.07 Å². The number of hydrogen-bond acceptors (Lipinski definition) is 3. The molecule has 0 amide bonds. The standard InChI is InChI=1S/C16H29N3/c1-14(2)19-11-6-9-16(13-17,10-12-19)18-15-7-4-3-5-8-15/h14-15,18H,3-12H2,1-2H3. The smallest absolute Gasteiger partial charge is 0.108 e. The third kappa shape index (κ3) is 3.94. The summed E-state index contributed by atoms with van der Waals surface area (Å²) in [6.45, 7) is 6.72. The maximum Gasteiger partial charge on any atom is 0.108 e. The average molecular weight is 263 g/mol. The SMILES string of the molecule is CC(C)N1CCCC(C#N)(NC2CCCCC2)CC1. The van der Waals surface area contributed by atoms with Crippen LogP contribution in [0.25, 0.3) is 0 Å². The number of nitriles is 1. The predicted octanol–water partition coefficient (Wildman–Crippen LogP) is 3.07. The van der Waals surface area contributed by atoms with E-state index in [2.05, 4.69) is 30.1 Å². The largest absolute Gasteiger partial charge is 0.301 e. The van der Waals surface area contributed by atoms with E-state index in [4.69, 9.17) is 0 Å². The molecule has 2 rings (SSSR count). The van der Waals surface area contributed by atoms with Gasteiger partial charge in [-0.2, -0.15) is 5.26 Å². The highest BCUT2D eigenvalue weighted by Gasteiger charge is 2.35. The summed E-state index contributed by atoms with van der Waals surface area (Å²) in [5.74, 6) is 0. The van der Waals surface area contributed by atoms with E-state index in [0.717, 1.165) is 32.4 Å². The summed E-state index contributed by atoms with van der Waals surface area (Å²) in [5.41, 5.74) is -0.258. The van der Waals surface area contributed by atoms with Crippen LogP contribution in [-0.2, 0) is 0 Å². The van der Waals surface area contributed by atoms with Crippen LogP contribution in [0, 0.1) is 11.3 Å². The van der Waals surface area contributed by atoms with Crippen molar-refractivity contribution < 1.29 is 0 Å². The molecule has 3 heteroatoms. The second-order valence-corrected chi connectivity index (χ2v) is 6.66. The van der Waals surface area contributed by atoms with Crippen LogP contribution >= 0.6 is 0 Å². The maximum absolute atomic E-state index is 9.69. The molecular formula is C16H29N3. The first kappa shape index (κ1) is 14.8. The van der Waals surface area contributed by atoms with Gasteiger partial charge in [0.15, 0.2) is 0 Å². The first-order chi connectivity index (χ1) is 9.15. The summed E-state index contributed by atoms with van der Waals surface area (Å²) in [7, 11) is 0. The number of rotatable bonds is 3. The summed E-state index contributed by atoms with van der Waals surface area (Å²) >= 11 is 0. The molecular weight excluding hydrogens is 234 g/mol. The first-order valence-electron chi connectivity index (χ1n) is 8.08.